The van der Waals surface area contributed by atoms with Gasteiger partial charge in [-0.05, 0) is 52.4 Å². The maximum absolute atomic E-state index is 13.2. The highest BCUT2D eigenvalue weighted by Gasteiger charge is 2.25. The van der Waals surface area contributed by atoms with Crippen molar-refractivity contribution in [2.24, 2.45) is 0 Å². The standard InChI is InChI=1S/C29H30N2O4S/c1-5-27(21-11-13-22(14-12-21)29(2,3)4)36(34,35)30-23-15-9-20(10-16-23)19-31-18-17-24-25(28(32)33)7-6-8-26(24)31/h5-18,27,30H,1,19H2,2-4H3,(H,32,33). The average molecular weight is 503 g/mol. The van der Waals surface area contributed by atoms with Crippen LogP contribution in [0.25, 0.3) is 10.9 Å². The molecule has 0 radical (unpaired) electrons. The third-order valence-corrected chi connectivity index (χ3v) is 7.92. The largest absolute Gasteiger partial charge is 0.478 e. The van der Waals surface area contributed by atoms with Gasteiger partial charge in [-0.1, -0.05) is 69.3 Å². The lowest BCUT2D eigenvalue weighted by molar-refractivity contribution is 0.0699. The van der Waals surface area contributed by atoms with E-state index >= 15 is 0 Å². The fraction of sp³-hybridized carbons (Fsp3) is 0.207. The lowest BCUT2D eigenvalue weighted by atomic mass is 9.86. The molecule has 6 nitrogen and oxygen atoms in total. The molecule has 2 N–H and O–H groups in total. The van der Waals surface area contributed by atoms with Gasteiger partial charge >= 0.3 is 5.97 Å². The van der Waals surface area contributed by atoms with E-state index in [2.05, 4.69) is 32.1 Å². The second kappa shape index (κ2) is 9.66. The first-order valence-electron chi connectivity index (χ1n) is 11.6. The van der Waals surface area contributed by atoms with Gasteiger partial charge in [0.05, 0.1) is 5.56 Å². The SMILES string of the molecule is C=CC(c1ccc(C(C)(C)C)cc1)S(=O)(=O)Nc1ccc(Cn2ccc3c(C(=O)O)cccc32)cc1. The highest BCUT2D eigenvalue weighted by Crippen LogP contribution is 2.29. The topological polar surface area (TPSA) is 88.4 Å². The number of carbonyl (C=O) groups is 1. The average Bonchev–Trinajstić information content (AvgIpc) is 3.23. The number of fused-ring (bicyclic) bond motifs is 1. The molecule has 0 saturated carbocycles. The van der Waals surface area contributed by atoms with E-state index in [1.54, 1.807) is 30.3 Å². The number of sulfonamides is 1. The van der Waals surface area contributed by atoms with Gasteiger partial charge in [0.25, 0.3) is 0 Å². The summed E-state index contributed by atoms with van der Waals surface area (Å²) in [5.41, 5.74) is 4.27. The predicted octanol–water partition coefficient (Wildman–Crippen LogP) is 6.35. The Morgan fingerprint density at radius 3 is 2.28 bits per heavy atom. The Kier molecular flexibility index (Phi) is 6.78. The molecule has 1 heterocycles. The highest BCUT2D eigenvalue weighted by atomic mass is 32.2. The number of aromatic carboxylic acids is 1. The molecule has 7 heteroatoms. The van der Waals surface area contributed by atoms with Crippen molar-refractivity contribution in [2.45, 2.75) is 38.0 Å². The minimum Gasteiger partial charge on any atom is -0.478 e. The summed E-state index contributed by atoms with van der Waals surface area (Å²) in [7, 11) is -3.76. The molecule has 0 aliphatic carbocycles. The van der Waals surface area contributed by atoms with Gasteiger partial charge in [0, 0.05) is 29.3 Å². The highest BCUT2D eigenvalue weighted by molar-refractivity contribution is 7.93. The van der Waals surface area contributed by atoms with E-state index in [4.69, 9.17) is 0 Å². The van der Waals surface area contributed by atoms with Gasteiger partial charge in [-0.25, -0.2) is 13.2 Å². The minimum atomic E-state index is -3.76. The summed E-state index contributed by atoms with van der Waals surface area (Å²) in [5.74, 6) is -0.960. The summed E-state index contributed by atoms with van der Waals surface area (Å²) in [6.45, 7) is 10.6. The Morgan fingerprint density at radius 2 is 1.69 bits per heavy atom. The van der Waals surface area contributed by atoms with Crippen molar-refractivity contribution in [3.05, 3.63) is 114 Å². The summed E-state index contributed by atoms with van der Waals surface area (Å²) < 4.78 is 31.0. The molecule has 1 aromatic heterocycles. The summed E-state index contributed by atoms with van der Waals surface area (Å²) in [5, 5.41) is 9.20. The Bertz CT molecular complexity index is 1510. The second-order valence-electron chi connectivity index (χ2n) is 9.86. The van der Waals surface area contributed by atoms with Crippen LogP contribution in [-0.2, 0) is 22.0 Å². The number of hydrogen-bond donors (Lipinski definition) is 2. The van der Waals surface area contributed by atoms with Crippen molar-refractivity contribution in [3.8, 4) is 0 Å². The van der Waals surface area contributed by atoms with Crippen LogP contribution in [0.15, 0.2) is 91.6 Å². The van der Waals surface area contributed by atoms with E-state index in [-0.39, 0.29) is 11.0 Å². The zero-order valence-corrected chi connectivity index (χ0v) is 21.4. The molecule has 0 aliphatic heterocycles. The maximum Gasteiger partial charge on any atom is 0.336 e. The molecule has 0 bridgehead atoms. The molecule has 0 saturated heterocycles. The number of carboxylic acid groups (broad SMARTS) is 1. The quantitative estimate of drug-likeness (QED) is 0.275. The van der Waals surface area contributed by atoms with Crippen molar-refractivity contribution in [1.29, 1.82) is 0 Å². The van der Waals surface area contributed by atoms with Crippen molar-refractivity contribution in [1.82, 2.24) is 4.57 Å². The maximum atomic E-state index is 13.2. The number of carboxylic acids is 1. The number of benzene rings is 3. The monoisotopic (exact) mass is 502 g/mol. The lowest BCUT2D eigenvalue weighted by Gasteiger charge is -2.21. The minimum absolute atomic E-state index is 0.0213. The van der Waals surface area contributed by atoms with Gasteiger partial charge < -0.3 is 9.67 Å². The van der Waals surface area contributed by atoms with Crippen LogP contribution in [0.2, 0.25) is 0 Å². The number of aromatic nitrogens is 1. The number of rotatable bonds is 8. The summed E-state index contributed by atoms with van der Waals surface area (Å²) in [4.78, 5) is 11.5. The van der Waals surface area contributed by atoms with Crippen LogP contribution in [0.3, 0.4) is 0 Å². The summed E-state index contributed by atoms with van der Waals surface area (Å²) in [6, 6.07) is 21.8. The van der Waals surface area contributed by atoms with Crippen LogP contribution < -0.4 is 4.72 Å². The molecule has 186 valence electrons. The van der Waals surface area contributed by atoms with Crippen LogP contribution in [0, 0.1) is 0 Å². The third-order valence-electron chi connectivity index (χ3n) is 6.26. The van der Waals surface area contributed by atoms with Crippen molar-refractivity contribution in [3.63, 3.8) is 0 Å². The number of nitrogens with zero attached hydrogens (tertiary/aromatic N) is 1. The van der Waals surface area contributed by atoms with Crippen LogP contribution in [-0.4, -0.2) is 24.1 Å². The zero-order valence-electron chi connectivity index (χ0n) is 20.6. The molecule has 0 fully saturated rings. The number of anilines is 1. The molecule has 0 spiro atoms. The van der Waals surface area contributed by atoms with Gasteiger partial charge in [0.2, 0.25) is 10.0 Å². The molecule has 1 unspecified atom stereocenters. The number of hydrogen-bond acceptors (Lipinski definition) is 3. The first-order chi connectivity index (χ1) is 17.0. The molecule has 4 aromatic rings. The van der Waals surface area contributed by atoms with E-state index in [9.17, 15) is 18.3 Å². The molecule has 36 heavy (non-hydrogen) atoms. The molecule has 4 rings (SSSR count). The fourth-order valence-corrected chi connectivity index (χ4v) is 5.63. The summed E-state index contributed by atoms with van der Waals surface area (Å²) >= 11 is 0. The van der Waals surface area contributed by atoms with Crippen molar-refractivity contribution < 1.29 is 18.3 Å². The molecule has 3 aromatic carbocycles. The molecule has 1 atom stereocenters. The Labute approximate surface area is 212 Å². The van der Waals surface area contributed by atoms with Crippen LogP contribution in [0.5, 0.6) is 0 Å². The van der Waals surface area contributed by atoms with Crippen LogP contribution in [0.4, 0.5) is 5.69 Å². The van der Waals surface area contributed by atoms with E-state index in [0.717, 1.165) is 16.6 Å². The smallest absolute Gasteiger partial charge is 0.336 e. The van der Waals surface area contributed by atoms with Crippen LogP contribution in [0.1, 0.15) is 53.1 Å². The van der Waals surface area contributed by atoms with Gasteiger partial charge in [-0.15, -0.1) is 6.58 Å². The lowest BCUT2D eigenvalue weighted by Crippen LogP contribution is -2.20. The normalized spacial score (nSPS) is 12.9. The van der Waals surface area contributed by atoms with E-state index in [1.165, 1.54) is 6.08 Å². The van der Waals surface area contributed by atoms with Crippen molar-refractivity contribution >= 4 is 32.6 Å². The van der Waals surface area contributed by atoms with E-state index < -0.39 is 21.2 Å². The van der Waals surface area contributed by atoms with E-state index in [1.807, 2.05) is 53.2 Å². The fourth-order valence-electron chi connectivity index (χ4n) is 4.27. The Balaban J connectivity index is 1.51. The van der Waals surface area contributed by atoms with Gasteiger partial charge in [-0.2, -0.15) is 0 Å². The molecular formula is C29H30N2O4S. The first kappa shape index (κ1) is 25.3. The first-order valence-corrected chi connectivity index (χ1v) is 13.2. The van der Waals surface area contributed by atoms with Gasteiger partial charge in [0.15, 0.2) is 0 Å². The molecule has 0 aliphatic rings. The van der Waals surface area contributed by atoms with Gasteiger partial charge in [0.1, 0.15) is 5.25 Å². The van der Waals surface area contributed by atoms with Crippen LogP contribution >= 0.6 is 0 Å². The predicted molar refractivity (Wildman–Crippen MR) is 145 cm³/mol. The second-order valence-corrected chi connectivity index (χ2v) is 11.7. The zero-order chi connectivity index (χ0) is 26.1. The number of nitrogens with one attached hydrogen (secondary N) is 1. The summed E-state index contributed by atoms with van der Waals surface area (Å²) in [6.07, 6.45) is 3.29. The third kappa shape index (κ3) is 5.21. The van der Waals surface area contributed by atoms with E-state index in [0.29, 0.717) is 23.2 Å². The van der Waals surface area contributed by atoms with Gasteiger partial charge in [-0.3, -0.25) is 4.72 Å². The molecule has 0 amide bonds. The Hall–Kier alpha value is -3.84. The Morgan fingerprint density at radius 1 is 1.03 bits per heavy atom. The van der Waals surface area contributed by atoms with Crippen molar-refractivity contribution in [2.75, 3.05) is 4.72 Å². The molecular weight excluding hydrogens is 472 g/mol.